The molecule has 1 aliphatic rings. The third-order valence-electron chi connectivity index (χ3n) is 3.92. The van der Waals surface area contributed by atoms with E-state index in [9.17, 15) is 14.4 Å². The highest BCUT2D eigenvalue weighted by atomic mass is 16.5. The van der Waals surface area contributed by atoms with E-state index in [1.165, 1.54) is 6.07 Å². The Bertz CT molecular complexity index is 610. The van der Waals surface area contributed by atoms with Crippen LogP contribution in [0.25, 0.3) is 0 Å². The van der Waals surface area contributed by atoms with E-state index in [4.69, 9.17) is 10.5 Å². The average molecular weight is 333 g/mol. The number of benzene rings is 1. The van der Waals surface area contributed by atoms with Gasteiger partial charge in [0.1, 0.15) is 0 Å². The van der Waals surface area contributed by atoms with Crippen molar-refractivity contribution in [2.45, 2.75) is 38.7 Å². The lowest BCUT2D eigenvalue weighted by Gasteiger charge is -2.24. The predicted molar refractivity (Wildman–Crippen MR) is 89.6 cm³/mol. The van der Waals surface area contributed by atoms with Gasteiger partial charge in [-0.2, -0.15) is 0 Å². The Kier molecular flexibility index (Phi) is 6.17. The number of hydrogen-bond donors (Lipinski definition) is 2. The van der Waals surface area contributed by atoms with Crippen molar-refractivity contribution in [3.63, 3.8) is 0 Å². The molecule has 0 radical (unpaired) electrons. The van der Waals surface area contributed by atoms with Gasteiger partial charge < -0.3 is 20.7 Å². The van der Waals surface area contributed by atoms with Crippen LogP contribution in [0.15, 0.2) is 24.3 Å². The number of nitrogens with one attached hydrogen (secondary N) is 1. The molecule has 1 fully saturated rings. The highest BCUT2D eigenvalue weighted by molar-refractivity contribution is 5.94. The zero-order valence-electron chi connectivity index (χ0n) is 13.8. The monoisotopic (exact) mass is 333 g/mol. The lowest BCUT2D eigenvalue weighted by Crippen LogP contribution is -2.40. The molecule has 1 heterocycles. The first-order chi connectivity index (χ1) is 11.5. The zero-order chi connectivity index (χ0) is 17.5. The molecule has 0 spiro atoms. The normalized spacial score (nSPS) is 16.0. The maximum absolute atomic E-state index is 12.4. The molecule has 24 heavy (non-hydrogen) atoms. The molecule has 7 nitrogen and oxygen atoms in total. The highest BCUT2D eigenvalue weighted by Crippen LogP contribution is 2.15. The summed E-state index contributed by atoms with van der Waals surface area (Å²) in [6.07, 6.45) is 3.36. The first-order valence-electron chi connectivity index (χ1n) is 8.13. The summed E-state index contributed by atoms with van der Waals surface area (Å²) < 4.78 is 5.28. The number of carbonyl (C=O) groups is 3. The molecule has 7 heteroatoms. The standard InChI is InChI=1S/C17H23N3O4/c1-12(15(21)20-9-4-2-3-5-10-20)24-16(22)13-7-6-8-14(11-13)19-17(18)23/h6-8,11-12H,2-5,9-10H2,1H3,(H3,18,19,23)/t12-/m0/s1. The van der Waals surface area contributed by atoms with Gasteiger partial charge in [0.15, 0.2) is 6.10 Å². The van der Waals surface area contributed by atoms with Gasteiger partial charge in [-0.25, -0.2) is 9.59 Å². The minimum atomic E-state index is -0.844. The van der Waals surface area contributed by atoms with Crippen LogP contribution in [0.3, 0.4) is 0 Å². The van der Waals surface area contributed by atoms with Crippen LogP contribution >= 0.6 is 0 Å². The molecular formula is C17H23N3O4. The van der Waals surface area contributed by atoms with Gasteiger partial charge in [-0.05, 0) is 38.0 Å². The second-order valence-corrected chi connectivity index (χ2v) is 5.86. The third kappa shape index (κ3) is 4.97. The number of nitrogens with two attached hydrogens (primary N) is 1. The van der Waals surface area contributed by atoms with Crippen LogP contribution in [-0.2, 0) is 9.53 Å². The molecule has 1 aliphatic heterocycles. The van der Waals surface area contributed by atoms with E-state index in [1.54, 1.807) is 30.0 Å². The zero-order valence-corrected chi connectivity index (χ0v) is 13.8. The van der Waals surface area contributed by atoms with E-state index in [0.717, 1.165) is 25.7 Å². The Balaban J connectivity index is 1.97. The van der Waals surface area contributed by atoms with Crippen LogP contribution in [0, 0.1) is 0 Å². The fraction of sp³-hybridized carbons (Fsp3) is 0.471. The summed E-state index contributed by atoms with van der Waals surface area (Å²) in [6.45, 7) is 2.99. The SMILES string of the molecule is C[C@H](OC(=O)c1cccc(NC(N)=O)c1)C(=O)N1CCCCCC1. The molecule has 3 amide bonds. The summed E-state index contributed by atoms with van der Waals surface area (Å²) >= 11 is 0. The van der Waals surface area contributed by atoms with Crippen molar-refractivity contribution < 1.29 is 19.1 Å². The lowest BCUT2D eigenvalue weighted by atomic mass is 10.2. The number of anilines is 1. The summed E-state index contributed by atoms with van der Waals surface area (Å²) in [7, 11) is 0. The van der Waals surface area contributed by atoms with Crippen LogP contribution in [-0.4, -0.2) is 42.0 Å². The Hall–Kier alpha value is -2.57. The molecule has 1 aromatic rings. The van der Waals surface area contributed by atoms with Gasteiger partial charge in [0, 0.05) is 18.8 Å². The van der Waals surface area contributed by atoms with E-state index >= 15 is 0 Å². The molecule has 0 bridgehead atoms. The molecule has 1 saturated heterocycles. The Morgan fingerprint density at radius 1 is 1.17 bits per heavy atom. The number of carbonyl (C=O) groups excluding carboxylic acids is 3. The van der Waals surface area contributed by atoms with Crippen molar-refractivity contribution in [3.05, 3.63) is 29.8 Å². The largest absolute Gasteiger partial charge is 0.449 e. The summed E-state index contributed by atoms with van der Waals surface area (Å²) in [5.41, 5.74) is 5.69. The van der Waals surface area contributed by atoms with E-state index in [0.29, 0.717) is 18.8 Å². The van der Waals surface area contributed by atoms with Crippen LogP contribution < -0.4 is 11.1 Å². The number of primary amides is 1. The van der Waals surface area contributed by atoms with Crippen molar-refractivity contribution in [2.75, 3.05) is 18.4 Å². The van der Waals surface area contributed by atoms with Gasteiger partial charge in [-0.1, -0.05) is 18.9 Å². The fourth-order valence-electron chi connectivity index (χ4n) is 2.69. The van der Waals surface area contributed by atoms with Crippen LogP contribution in [0.2, 0.25) is 0 Å². The Morgan fingerprint density at radius 3 is 2.46 bits per heavy atom. The molecule has 0 saturated carbocycles. The maximum atomic E-state index is 12.4. The summed E-state index contributed by atoms with van der Waals surface area (Å²) in [5, 5.41) is 2.39. The molecule has 1 aromatic carbocycles. The Labute approximate surface area is 141 Å². The van der Waals surface area contributed by atoms with E-state index in [-0.39, 0.29) is 11.5 Å². The number of nitrogens with zero attached hydrogens (tertiary/aromatic N) is 1. The number of hydrogen-bond acceptors (Lipinski definition) is 4. The van der Waals surface area contributed by atoms with Crippen LogP contribution in [0.1, 0.15) is 43.0 Å². The van der Waals surface area contributed by atoms with E-state index in [1.807, 2.05) is 0 Å². The van der Waals surface area contributed by atoms with Crippen LogP contribution in [0.4, 0.5) is 10.5 Å². The number of esters is 1. The van der Waals surface area contributed by atoms with Crippen molar-refractivity contribution in [1.29, 1.82) is 0 Å². The minimum Gasteiger partial charge on any atom is -0.449 e. The van der Waals surface area contributed by atoms with Gasteiger partial charge in [-0.3, -0.25) is 4.79 Å². The number of rotatable bonds is 4. The van der Waals surface area contributed by atoms with Crippen LogP contribution in [0.5, 0.6) is 0 Å². The molecule has 3 N–H and O–H groups in total. The first-order valence-corrected chi connectivity index (χ1v) is 8.13. The first kappa shape index (κ1) is 17.8. The maximum Gasteiger partial charge on any atom is 0.338 e. The van der Waals surface area contributed by atoms with Crippen molar-refractivity contribution in [2.24, 2.45) is 5.73 Å². The molecule has 2 rings (SSSR count). The lowest BCUT2D eigenvalue weighted by molar-refractivity contribution is -0.139. The second-order valence-electron chi connectivity index (χ2n) is 5.86. The molecule has 130 valence electrons. The molecule has 0 unspecified atom stereocenters. The van der Waals surface area contributed by atoms with E-state index < -0.39 is 18.1 Å². The van der Waals surface area contributed by atoms with Crippen molar-refractivity contribution in [3.8, 4) is 0 Å². The quantitative estimate of drug-likeness (QED) is 0.824. The highest BCUT2D eigenvalue weighted by Gasteiger charge is 2.25. The molecule has 1 atom stereocenters. The Morgan fingerprint density at radius 2 is 1.83 bits per heavy atom. The predicted octanol–water partition coefficient (Wildman–Crippen LogP) is 2.13. The van der Waals surface area contributed by atoms with Crippen molar-refractivity contribution >= 4 is 23.6 Å². The van der Waals surface area contributed by atoms with Gasteiger partial charge in [0.05, 0.1) is 5.56 Å². The number of likely N-dealkylation sites (tertiary alicyclic amines) is 1. The summed E-state index contributed by atoms with van der Waals surface area (Å²) in [4.78, 5) is 37.2. The van der Waals surface area contributed by atoms with Gasteiger partial charge >= 0.3 is 12.0 Å². The smallest absolute Gasteiger partial charge is 0.338 e. The van der Waals surface area contributed by atoms with Gasteiger partial charge in [0.2, 0.25) is 0 Å². The number of ether oxygens (including phenoxy) is 1. The molecular weight excluding hydrogens is 310 g/mol. The minimum absolute atomic E-state index is 0.170. The third-order valence-corrected chi connectivity index (χ3v) is 3.92. The fourth-order valence-corrected chi connectivity index (χ4v) is 2.69. The van der Waals surface area contributed by atoms with E-state index in [2.05, 4.69) is 5.32 Å². The molecule has 0 aromatic heterocycles. The van der Waals surface area contributed by atoms with Crippen molar-refractivity contribution in [1.82, 2.24) is 4.90 Å². The number of amides is 3. The second kappa shape index (κ2) is 8.33. The van der Waals surface area contributed by atoms with Gasteiger partial charge in [0.25, 0.3) is 5.91 Å². The molecule has 0 aliphatic carbocycles. The average Bonchev–Trinajstić information content (AvgIpc) is 2.82. The topological polar surface area (TPSA) is 102 Å². The summed E-state index contributed by atoms with van der Waals surface area (Å²) in [6, 6.07) is 5.50. The van der Waals surface area contributed by atoms with Gasteiger partial charge in [-0.15, -0.1) is 0 Å². The number of urea groups is 1. The summed E-state index contributed by atoms with van der Waals surface area (Å²) in [5.74, 6) is -0.782.